The van der Waals surface area contributed by atoms with E-state index in [0.717, 1.165) is 36.5 Å². The number of halogens is 9. The Morgan fingerprint density at radius 3 is 2.00 bits per heavy atom. The second-order valence-corrected chi connectivity index (χ2v) is 7.76. The number of aromatic nitrogens is 1. The van der Waals surface area contributed by atoms with Crippen molar-refractivity contribution < 1.29 is 49.0 Å². The molecule has 0 amide bonds. The fourth-order valence-electron chi connectivity index (χ4n) is 3.35. The monoisotopic (exact) mass is 507 g/mol. The molecule has 2 aromatic carbocycles. The molecule has 0 bridgehead atoms. The molecule has 3 nitrogen and oxygen atoms in total. The minimum absolute atomic E-state index is 0.261. The lowest BCUT2D eigenvalue weighted by Crippen LogP contribution is -2.41. The van der Waals surface area contributed by atoms with Crippen molar-refractivity contribution in [3.8, 4) is 16.9 Å². The van der Waals surface area contributed by atoms with Crippen LogP contribution in [0.1, 0.15) is 11.3 Å². The number of pyridine rings is 1. The van der Waals surface area contributed by atoms with E-state index in [1.807, 2.05) is 0 Å². The van der Waals surface area contributed by atoms with Gasteiger partial charge in [0.15, 0.2) is 12.2 Å². The summed E-state index contributed by atoms with van der Waals surface area (Å²) in [5, 5.41) is 0. The van der Waals surface area contributed by atoms with Crippen LogP contribution in [0.25, 0.3) is 11.1 Å². The summed E-state index contributed by atoms with van der Waals surface area (Å²) >= 11 is 0. The molecule has 186 valence electrons. The zero-order chi connectivity index (χ0) is 25.6. The van der Waals surface area contributed by atoms with Gasteiger partial charge < -0.3 is 9.47 Å². The molecule has 1 aliphatic heterocycles. The summed E-state index contributed by atoms with van der Waals surface area (Å²) in [5.74, 6) is -11.2. The fraction of sp³-hybridized carbons (Fsp3) is 0.261. The lowest BCUT2D eigenvalue weighted by atomic mass is 9.90. The first kappa shape index (κ1) is 24.8. The largest absolute Gasteiger partial charge is 0.487 e. The first-order valence-corrected chi connectivity index (χ1v) is 9.88. The third-order valence-electron chi connectivity index (χ3n) is 5.41. The van der Waals surface area contributed by atoms with Crippen molar-refractivity contribution in [3.63, 3.8) is 0 Å². The highest BCUT2D eigenvalue weighted by Crippen LogP contribution is 2.56. The normalized spacial score (nSPS) is 18.4. The number of hydrogen-bond donors (Lipinski definition) is 0. The number of nitrogens with zero attached hydrogens (tertiary/aromatic N) is 1. The lowest BCUT2D eigenvalue weighted by molar-refractivity contribution is -0.290. The molecule has 35 heavy (non-hydrogen) atoms. The Balaban J connectivity index is 1.50. The second kappa shape index (κ2) is 8.43. The lowest BCUT2D eigenvalue weighted by Gasteiger charge is -2.24. The summed E-state index contributed by atoms with van der Waals surface area (Å²) in [4.78, 5) is 3.74. The van der Waals surface area contributed by atoms with Crippen LogP contribution in [0.4, 0.5) is 39.5 Å². The predicted octanol–water partition coefficient (Wildman–Crippen LogP) is 6.62. The van der Waals surface area contributed by atoms with Crippen molar-refractivity contribution in [1.29, 1.82) is 0 Å². The van der Waals surface area contributed by atoms with Crippen LogP contribution >= 0.6 is 0 Å². The van der Waals surface area contributed by atoms with Gasteiger partial charge in [-0.2, -0.15) is 30.7 Å². The molecule has 12 heteroatoms. The summed E-state index contributed by atoms with van der Waals surface area (Å²) in [6.45, 7) is -2.42. The van der Waals surface area contributed by atoms with Crippen LogP contribution in [-0.4, -0.2) is 30.3 Å². The summed E-state index contributed by atoms with van der Waals surface area (Å²) in [6.07, 6.45) is -4.68. The summed E-state index contributed by atoms with van der Waals surface area (Å²) < 4.78 is 130. The topological polar surface area (TPSA) is 34.6 Å². The number of rotatable bonds is 7. The summed E-state index contributed by atoms with van der Waals surface area (Å²) in [6, 6.07) is 9.34. The Morgan fingerprint density at radius 1 is 0.857 bits per heavy atom. The van der Waals surface area contributed by atoms with E-state index < -0.39 is 59.7 Å². The third-order valence-corrected chi connectivity index (χ3v) is 5.41. The average molecular weight is 507 g/mol. The maximum Gasteiger partial charge on any atom is 0.456 e. The van der Waals surface area contributed by atoms with Gasteiger partial charge in [0, 0.05) is 23.4 Å². The Bertz CT molecular complexity index is 1210. The Kier molecular flexibility index (Phi) is 5.98. The Hall–Kier alpha value is -3.28. The van der Waals surface area contributed by atoms with E-state index in [1.54, 1.807) is 0 Å². The van der Waals surface area contributed by atoms with E-state index in [4.69, 9.17) is 4.74 Å². The van der Waals surface area contributed by atoms with Crippen LogP contribution < -0.4 is 4.74 Å². The molecule has 1 unspecified atom stereocenters. The number of alkyl halides is 7. The molecule has 1 saturated heterocycles. The fourth-order valence-corrected chi connectivity index (χ4v) is 3.35. The van der Waals surface area contributed by atoms with E-state index in [2.05, 4.69) is 9.72 Å². The van der Waals surface area contributed by atoms with Gasteiger partial charge in [-0.05, 0) is 35.9 Å². The Labute approximate surface area is 192 Å². The van der Waals surface area contributed by atoms with Gasteiger partial charge in [0.25, 0.3) is 0 Å². The molecule has 3 aromatic rings. The molecule has 0 N–H and O–H groups in total. The summed E-state index contributed by atoms with van der Waals surface area (Å²) in [5.41, 5.74) is -2.89. The van der Waals surface area contributed by atoms with Crippen LogP contribution in [0.15, 0.2) is 60.8 Å². The van der Waals surface area contributed by atoms with Gasteiger partial charge in [-0.25, -0.2) is 8.78 Å². The first-order chi connectivity index (χ1) is 16.3. The highest BCUT2D eigenvalue weighted by Gasteiger charge is 2.68. The second-order valence-electron chi connectivity index (χ2n) is 7.76. The van der Waals surface area contributed by atoms with E-state index in [1.165, 1.54) is 18.2 Å². The van der Waals surface area contributed by atoms with Crippen LogP contribution in [-0.2, 0) is 16.3 Å². The molecule has 0 saturated carbocycles. The SMILES string of the molecule is Fc1ccc(C2(C(F)(F)c3ccc(-c4ccc(OCC(F)(F)C(F)(F)F)cc4)cn3)CO2)c(F)c1. The third kappa shape index (κ3) is 4.54. The van der Waals surface area contributed by atoms with Crippen molar-refractivity contribution in [1.82, 2.24) is 4.98 Å². The highest BCUT2D eigenvalue weighted by molar-refractivity contribution is 5.63. The average Bonchev–Trinajstić information content (AvgIpc) is 3.60. The van der Waals surface area contributed by atoms with Gasteiger partial charge in [-0.15, -0.1) is 0 Å². The molecule has 1 aliphatic rings. The number of ether oxygens (including phenoxy) is 2. The van der Waals surface area contributed by atoms with Crippen molar-refractivity contribution in [2.75, 3.05) is 13.2 Å². The zero-order valence-corrected chi connectivity index (χ0v) is 17.4. The van der Waals surface area contributed by atoms with Gasteiger partial charge in [0.05, 0.1) is 6.61 Å². The summed E-state index contributed by atoms with van der Waals surface area (Å²) in [7, 11) is 0. The molecular weight excluding hydrogens is 493 g/mol. The minimum Gasteiger partial charge on any atom is -0.487 e. The molecule has 1 aromatic heterocycles. The minimum atomic E-state index is -5.75. The smallest absolute Gasteiger partial charge is 0.456 e. The van der Waals surface area contributed by atoms with Gasteiger partial charge in [-0.3, -0.25) is 4.98 Å². The first-order valence-electron chi connectivity index (χ1n) is 9.88. The maximum atomic E-state index is 15.2. The number of epoxide rings is 1. The van der Waals surface area contributed by atoms with Crippen LogP contribution in [0, 0.1) is 11.6 Å². The molecule has 0 aliphatic carbocycles. The van der Waals surface area contributed by atoms with Gasteiger partial charge in [0.2, 0.25) is 0 Å². The van der Waals surface area contributed by atoms with Crippen molar-refractivity contribution in [2.24, 2.45) is 0 Å². The van der Waals surface area contributed by atoms with Crippen molar-refractivity contribution >= 4 is 0 Å². The van der Waals surface area contributed by atoms with Crippen LogP contribution in [0.5, 0.6) is 5.75 Å². The number of benzene rings is 2. The van der Waals surface area contributed by atoms with Crippen molar-refractivity contribution in [2.45, 2.75) is 23.6 Å². The molecule has 2 heterocycles. The molecule has 0 radical (unpaired) electrons. The quantitative estimate of drug-likeness (QED) is 0.266. The van der Waals surface area contributed by atoms with E-state index in [9.17, 15) is 30.7 Å². The van der Waals surface area contributed by atoms with E-state index >= 15 is 8.78 Å². The standard InChI is InChI=1S/C23H14F9NO2/c24-15-4-7-17(18(25)9-15)20(11-35-20)22(28,29)19-8-3-14(10-33-19)13-1-5-16(6-2-13)34-12-21(26,27)23(30,31)32/h1-10H,11-12H2. The van der Waals surface area contributed by atoms with Gasteiger partial charge >= 0.3 is 18.0 Å². The van der Waals surface area contributed by atoms with Crippen molar-refractivity contribution in [3.05, 3.63) is 83.7 Å². The van der Waals surface area contributed by atoms with Gasteiger partial charge in [-0.1, -0.05) is 18.2 Å². The van der Waals surface area contributed by atoms with Crippen LogP contribution in [0.3, 0.4) is 0 Å². The molecular formula is C23H14F9NO2. The Morgan fingerprint density at radius 2 is 1.49 bits per heavy atom. The predicted molar refractivity (Wildman–Crippen MR) is 104 cm³/mol. The molecule has 4 rings (SSSR count). The maximum absolute atomic E-state index is 15.2. The van der Waals surface area contributed by atoms with E-state index in [-0.39, 0.29) is 5.75 Å². The van der Waals surface area contributed by atoms with Crippen LogP contribution in [0.2, 0.25) is 0 Å². The highest BCUT2D eigenvalue weighted by atomic mass is 19.4. The molecule has 1 atom stereocenters. The van der Waals surface area contributed by atoms with Gasteiger partial charge in [0.1, 0.15) is 23.1 Å². The number of hydrogen-bond acceptors (Lipinski definition) is 3. The molecule has 1 fully saturated rings. The van der Waals surface area contributed by atoms with E-state index in [0.29, 0.717) is 17.2 Å². The molecule has 0 spiro atoms. The zero-order valence-electron chi connectivity index (χ0n) is 17.4.